The van der Waals surface area contributed by atoms with Crippen molar-refractivity contribution in [1.29, 1.82) is 5.41 Å². The fourth-order valence-electron chi connectivity index (χ4n) is 1.58. The minimum absolute atomic E-state index is 0.337. The molecular weight excluding hydrogens is 212 g/mol. The Balaban J connectivity index is 2.15. The Bertz CT molecular complexity index is 557. The number of rotatable bonds is 3. The van der Waals surface area contributed by atoms with Gasteiger partial charge in [0.2, 0.25) is 0 Å². The second-order valence-corrected chi connectivity index (χ2v) is 3.99. The highest BCUT2D eigenvalue weighted by Crippen LogP contribution is 2.06. The van der Waals surface area contributed by atoms with Crippen LogP contribution < -0.4 is 10.8 Å². The van der Waals surface area contributed by atoms with Crippen molar-refractivity contribution < 1.29 is 0 Å². The van der Waals surface area contributed by atoms with Crippen LogP contribution in [0.3, 0.4) is 0 Å². The Morgan fingerprint density at radius 3 is 2.71 bits per heavy atom. The van der Waals surface area contributed by atoms with Gasteiger partial charge in [-0.1, -0.05) is 18.2 Å². The fraction of sp³-hybridized carbons (Fsp3) is 0.231. The summed E-state index contributed by atoms with van der Waals surface area (Å²) in [5.74, 6) is 0.846. The second-order valence-electron chi connectivity index (χ2n) is 3.99. The average molecular weight is 228 g/mol. The van der Waals surface area contributed by atoms with Gasteiger partial charge in [-0.25, -0.2) is 4.98 Å². The number of para-hydroxylation sites is 1. The van der Waals surface area contributed by atoms with Crippen LogP contribution in [-0.2, 0) is 13.6 Å². The van der Waals surface area contributed by atoms with Crippen LogP contribution in [0.5, 0.6) is 0 Å². The van der Waals surface area contributed by atoms with Crippen LogP contribution in [0.2, 0.25) is 0 Å². The van der Waals surface area contributed by atoms with Crippen LogP contribution >= 0.6 is 0 Å². The van der Waals surface area contributed by atoms with Gasteiger partial charge < -0.3 is 9.88 Å². The van der Waals surface area contributed by atoms with E-state index >= 15 is 0 Å². The Hall–Kier alpha value is -2.10. The molecule has 1 aromatic carbocycles. The molecule has 17 heavy (non-hydrogen) atoms. The van der Waals surface area contributed by atoms with Gasteiger partial charge in [0.15, 0.2) is 5.49 Å². The third kappa shape index (κ3) is 2.72. The number of aromatic nitrogens is 2. The van der Waals surface area contributed by atoms with E-state index in [4.69, 9.17) is 5.41 Å². The highest BCUT2D eigenvalue weighted by Gasteiger charge is 2.00. The lowest BCUT2D eigenvalue weighted by atomic mass is 10.3. The third-order valence-corrected chi connectivity index (χ3v) is 2.69. The van der Waals surface area contributed by atoms with Gasteiger partial charge in [-0.05, 0) is 19.1 Å². The molecule has 0 atom stereocenters. The number of aryl methyl sites for hydroxylation is 2. The predicted octanol–water partition coefficient (Wildman–Crippen LogP) is 1.82. The fourth-order valence-corrected chi connectivity index (χ4v) is 1.58. The van der Waals surface area contributed by atoms with Gasteiger partial charge in [0.1, 0.15) is 5.82 Å². The molecule has 0 saturated carbocycles. The monoisotopic (exact) mass is 228 g/mol. The molecule has 0 unspecified atom stereocenters. The van der Waals surface area contributed by atoms with Crippen LogP contribution in [0.15, 0.2) is 36.5 Å². The van der Waals surface area contributed by atoms with Gasteiger partial charge >= 0.3 is 0 Å². The summed E-state index contributed by atoms with van der Waals surface area (Å²) in [6.07, 6.45) is 1.95. The number of anilines is 1. The summed E-state index contributed by atoms with van der Waals surface area (Å²) < 4.78 is 1.93. The average Bonchev–Trinajstić information content (AvgIpc) is 2.33. The normalized spacial score (nSPS) is 10.2. The maximum Gasteiger partial charge on any atom is 0.153 e. The molecule has 2 aromatic rings. The van der Waals surface area contributed by atoms with Gasteiger partial charge in [-0.15, -0.1) is 0 Å². The lowest BCUT2D eigenvalue weighted by Crippen LogP contribution is -2.20. The molecule has 1 heterocycles. The van der Waals surface area contributed by atoms with Crippen LogP contribution in [0.4, 0.5) is 5.69 Å². The van der Waals surface area contributed by atoms with E-state index in [0.29, 0.717) is 12.0 Å². The number of nitrogens with zero attached hydrogens (tertiary/aromatic N) is 2. The molecule has 0 aliphatic rings. The van der Waals surface area contributed by atoms with Crippen molar-refractivity contribution in [2.75, 3.05) is 5.32 Å². The predicted molar refractivity (Wildman–Crippen MR) is 67.6 cm³/mol. The summed E-state index contributed by atoms with van der Waals surface area (Å²) in [5.41, 5.74) is 2.28. The zero-order chi connectivity index (χ0) is 12.3. The van der Waals surface area contributed by atoms with Gasteiger partial charge in [-0.3, -0.25) is 5.41 Å². The summed E-state index contributed by atoms with van der Waals surface area (Å²) in [6.45, 7) is 2.51. The molecule has 4 nitrogen and oxygen atoms in total. The topological polar surface area (TPSA) is 53.7 Å². The van der Waals surface area contributed by atoms with Gasteiger partial charge in [0.25, 0.3) is 0 Å². The lowest BCUT2D eigenvalue weighted by Gasteiger charge is -2.09. The van der Waals surface area contributed by atoms with Gasteiger partial charge in [0.05, 0.1) is 0 Å². The van der Waals surface area contributed by atoms with E-state index < -0.39 is 0 Å². The molecule has 0 bridgehead atoms. The van der Waals surface area contributed by atoms with Crippen LogP contribution in [-0.4, -0.2) is 9.55 Å². The van der Waals surface area contributed by atoms with E-state index in [1.165, 1.54) is 0 Å². The molecule has 2 N–H and O–H groups in total. The molecule has 0 fully saturated rings. The quantitative estimate of drug-likeness (QED) is 0.842. The van der Waals surface area contributed by atoms with E-state index in [2.05, 4.69) is 10.3 Å². The van der Waals surface area contributed by atoms with Gasteiger partial charge in [0, 0.05) is 31.0 Å². The Morgan fingerprint density at radius 1 is 1.29 bits per heavy atom. The van der Waals surface area contributed by atoms with Crippen molar-refractivity contribution in [3.8, 4) is 0 Å². The molecule has 0 amide bonds. The molecule has 0 aliphatic heterocycles. The largest absolute Gasteiger partial charge is 0.381 e. The van der Waals surface area contributed by atoms with Crippen molar-refractivity contribution in [2.24, 2.45) is 7.05 Å². The molecule has 0 aliphatic carbocycles. The Morgan fingerprint density at radius 2 is 2.00 bits per heavy atom. The summed E-state index contributed by atoms with van der Waals surface area (Å²) in [6, 6.07) is 9.96. The Kier molecular flexibility index (Phi) is 3.23. The van der Waals surface area contributed by atoms with Crippen molar-refractivity contribution in [2.45, 2.75) is 13.5 Å². The molecule has 2 rings (SSSR count). The molecule has 0 saturated heterocycles. The van der Waals surface area contributed by atoms with Crippen molar-refractivity contribution >= 4 is 5.69 Å². The first kappa shape index (κ1) is 11.4. The molecule has 88 valence electrons. The summed E-state index contributed by atoms with van der Waals surface area (Å²) in [7, 11) is 1.94. The van der Waals surface area contributed by atoms with E-state index in [-0.39, 0.29) is 0 Å². The van der Waals surface area contributed by atoms with E-state index in [1.54, 1.807) is 0 Å². The molecule has 0 spiro atoms. The standard InChI is InChI=1S/C13H16N4/c1-10-16-13(14)11(9-17(10)2)8-15-12-6-4-3-5-7-12/h3-7,9,14-15H,8H2,1-2H3. The summed E-state index contributed by atoms with van der Waals surface area (Å²) >= 11 is 0. The zero-order valence-corrected chi connectivity index (χ0v) is 10.1. The Labute approximate surface area is 100 Å². The number of hydrogen-bond acceptors (Lipinski definition) is 3. The van der Waals surface area contributed by atoms with Crippen LogP contribution in [0, 0.1) is 12.3 Å². The summed E-state index contributed by atoms with van der Waals surface area (Å²) in [5, 5.41) is 11.1. The highest BCUT2D eigenvalue weighted by atomic mass is 15.0. The zero-order valence-electron chi connectivity index (χ0n) is 10.1. The maximum atomic E-state index is 7.81. The molecular formula is C13H16N4. The first-order valence-corrected chi connectivity index (χ1v) is 5.53. The smallest absolute Gasteiger partial charge is 0.153 e. The third-order valence-electron chi connectivity index (χ3n) is 2.69. The minimum Gasteiger partial charge on any atom is -0.381 e. The first-order valence-electron chi connectivity index (χ1n) is 5.53. The minimum atomic E-state index is 0.337. The van der Waals surface area contributed by atoms with E-state index in [0.717, 1.165) is 17.1 Å². The van der Waals surface area contributed by atoms with E-state index in [1.807, 2.05) is 55.1 Å². The van der Waals surface area contributed by atoms with Gasteiger partial charge in [-0.2, -0.15) is 0 Å². The number of benzene rings is 1. The number of hydrogen-bond donors (Lipinski definition) is 2. The number of nitrogens with one attached hydrogen (secondary N) is 2. The highest BCUT2D eigenvalue weighted by molar-refractivity contribution is 5.42. The SMILES string of the molecule is Cc1nc(=N)c(CNc2ccccc2)cn1C. The molecule has 0 radical (unpaired) electrons. The van der Waals surface area contributed by atoms with E-state index in [9.17, 15) is 0 Å². The van der Waals surface area contributed by atoms with Crippen molar-refractivity contribution in [3.05, 3.63) is 53.4 Å². The maximum absolute atomic E-state index is 7.81. The lowest BCUT2D eigenvalue weighted by molar-refractivity contribution is 0.764. The van der Waals surface area contributed by atoms with Crippen molar-refractivity contribution in [3.63, 3.8) is 0 Å². The van der Waals surface area contributed by atoms with Crippen molar-refractivity contribution in [1.82, 2.24) is 9.55 Å². The van der Waals surface area contributed by atoms with Crippen LogP contribution in [0.25, 0.3) is 0 Å². The van der Waals surface area contributed by atoms with Crippen LogP contribution in [0.1, 0.15) is 11.4 Å². The summed E-state index contributed by atoms with van der Waals surface area (Å²) in [4.78, 5) is 4.18. The molecule has 1 aromatic heterocycles. The molecule has 4 heteroatoms. The second kappa shape index (κ2) is 4.82. The first-order chi connectivity index (χ1) is 8.16.